The van der Waals surface area contributed by atoms with Crippen LogP contribution in [0.15, 0.2) is 18.2 Å². The lowest BCUT2D eigenvalue weighted by molar-refractivity contribution is -0.123. The summed E-state index contributed by atoms with van der Waals surface area (Å²) in [6.07, 6.45) is 1.71. The molecule has 2 amide bonds. The topological polar surface area (TPSA) is 37.4 Å². The molecule has 1 aliphatic carbocycles. The molecule has 2 unspecified atom stereocenters. The molecule has 3 nitrogen and oxygen atoms in total. The van der Waals surface area contributed by atoms with E-state index in [-0.39, 0.29) is 23.7 Å². The van der Waals surface area contributed by atoms with Crippen LogP contribution in [0.1, 0.15) is 25.3 Å². The van der Waals surface area contributed by atoms with Crippen molar-refractivity contribution in [2.24, 2.45) is 17.8 Å². The van der Waals surface area contributed by atoms with Crippen molar-refractivity contribution in [2.75, 3.05) is 4.90 Å². The summed E-state index contributed by atoms with van der Waals surface area (Å²) in [5, 5.41) is 0. The summed E-state index contributed by atoms with van der Waals surface area (Å²) >= 11 is 2.24. The van der Waals surface area contributed by atoms with Crippen LogP contribution in [0.5, 0.6) is 0 Å². The van der Waals surface area contributed by atoms with E-state index in [1.165, 1.54) is 4.90 Å². The number of anilines is 1. The van der Waals surface area contributed by atoms with Gasteiger partial charge in [0.25, 0.3) is 0 Å². The van der Waals surface area contributed by atoms with Crippen LogP contribution >= 0.6 is 22.6 Å². The summed E-state index contributed by atoms with van der Waals surface area (Å²) in [6, 6.07) is 5.77. The number of carbonyl (C=O) groups is 2. The Labute approximate surface area is 126 Å². The fourth-order valence-corrected chi connectivity index (χ4v) is 3.75. The van der Waals surface area contributed by atoms with Gasteiger partial charge < -0.3 is 0 Å². The highest BCUT2D eigenvalue weighted by Crippen LogP contribution is 2.44. The van der Waals surface area contributed by atoms with Crippen LogP contribution < -0.4 is 4.90 Å². The average molecular weight is 369 g/mol. The molecule has 0 spiro atoms. The van der Waals surface area contributed by atoms with Crippen molar-refractivity contribution in [3.05, 3.63) is 27.3 Å². The third-order valence-electron chi connectivity index (χ3n) is 4.29. The number of benzene rings is 1. The molecular weight excluding hydrogens is 353 g/mol. The second kappa shape index (κ2) is 4.58. The second-order valence-corrected chi connectivity index (χ2v) is 6.90. The molecule has 3 rings (SSSR count). The average Bonchev–Trinajstić information content (AvgIpc) is 2.84. The third-order valence-corrected chi connectivity index (χ3v) is 5.45. The minimum Gasteiger partial charge on any atom is -0.274 e. The van der Waals surface area contributed by atoms with Gasteiger partial charge in [0.15, 0.2) is 0 Å². The molecule has 100 valence electrons. The maximum atomic E-state index is 12.4. The van der Waals surface area contributed by atoms with E-state index < -0.39 is 0 Å². The summed E-state index contributed by atoms with van der Waals surface area (Å²) in [5.41, 5.74) is 1.89. The van der Waals surface area contributed by atoms with Gasteiger partial charge in [-0.2, -0.15) is 0 Å². The fourth-order valence-electron chi connectivity index (χ4n) is 3.25. The van der Waals surface area contributed by atoms with Gasteiger partial charge in [0.2, 0.25) is 11.8 Å². The first-order chi connectivity index (χ1) is 8.99. The summed E-state index contributed by atoms with van der Waals surface area (Å²) in [4.78, 5) is 26.3. The lowest BCUT2D eigenvalue weighted by Crippen LogP contribution is -2.32. The normalized spacial score (nSPS) is 30.1. The predicted molar refractivity (Wildman–Crippen MR) is 81.8 cm³/mol. The summed E-state index contributed by atoms with van der Waals surface area (Å²) < 4.78 is 1.08. The summed E-state index contributed by atoms with van der Waals surface area (Å²) in [6.45, 7) is 4.15. The number of carbonyl (C=O) groups excluding carboxylic acids is 2. The smallest absolute Gasteiger partial charge is 0.237 e. The van der Waals surface area contributed by atoms with Crippen LogP contribution in [0.2, 0.25) is 0 Å². The Kier molecular flexibility index (Phi) is 3.15. The van der Waals surface area contributed by atoms with Crippen LogP contribution in [0.25, 0.3) is 0 Å². The standard InChI is InChI=1S/C15H16INO2/c1-8-5-11-12(6-8)15(19)17(14(11)18)10-4-3-9(2)13(16)7-10/h3-4,7-8,11-12H,5-6H2,1-2H3. The molecule has 0 N–H and O–H groups in total. The molecule has 2 atom stereocenters. The molecule has 2 aliphatic rings. The first-order valence-corrected chi connectivity index (χ1v) is 7.71. The van der Waals surface area contributed by atoms with E-state index >= 15 is 0 Å². The van der Waals surface area contributed by atoms with Crippen LogP contribution in [0, 0.1) is 28.2 Å². The van der Waals surface area contributed by atoms with Gasteiger partial charge in [-0.15, -0.1) is 0 Å². The molecule has 0 aromatic heterocycles. The van der Waals surface area contributed by atoms with Gasteiger partial charge in [0.05, 0.1) is 17.5 Å². The van der Waals surface area contributed by atoms with Crippen molar-refractivity contribution in [1.29, 1.82) is 0 Å². The number of hydrogen-bond donors (Lipinski definition) is 0. The highest BCUT2D eigenvalue weighted by atomic mass is 127. The number of rotatable bonds is 1. The van der Waals surface area contributed by atoms with E-state index in [4.69, 9.17) is 0 Å². The lowest BCUT2D eigenvalue weighted by atomic mass is 10.00. The van der Waals surface area contributed by atoms with Crippen LogP contribution in [0.3, 0.4) is 0 Å². The maximum Gasteiger partial charge on any atom is 0.237 e. The molecule has 1 aromatic rings. The van der Waals surface area contributed by atoms with Gasteiger partial charge in [0.1, 0.15) is 0 Å². The first-order valence-electron chi connectivity index (χ1n) is 6.63. The molecule has 1 aromatic carbocycles. The third kappa shape index (κ3) is 2.00. The highest BCUT2D eigenvalue weighted by molar-refractivity contribution is 14.1. The quantitative estimate of drug-likeness (QED) is 0.564. The van der Waals surface area contributed by atoms with Crippen molar-refractivity contribution in [1.82, 2.24) is 0 Å². The molecule has 1 saturated carbocycles. The zero-order chi connectivity index (χ0) is 13.7. The highest BCUT2D eigenvalue weighted by Gasteiger charge is 2.52. The molecule has 1 aliphatic heterocycles. The minimum absolute atomic E-state index is 0.000923. The molecular formula is C15H16INO2. The Morgan fingerprint density at radius 2 is 1.74 bits per heavy atom. The van der Waals surface area contributed by atoms with Gasteiger partial charge in [-0.05, 0) is 66.0 Å². The van der Waals surface area contributed by atoms with Crippen molar-refractivity contribution in [2.45, 2.75) is 26.7 Å². The molecule has 4 heteroatoms. The Morgan fingerprint density at radius 1 is 1.16 bits per heavy atom. The number of imide groups is 1. The van der Waals surface area contributed by atoms with Crippen molar-refractivity contribution >= 4 is 40.1 Å². The molecule has 19 heavy (non-hydrogen) atoms. The minimum atomic E-state index is -0.0820. The first kappa shape index (κ1) is 13.1. The van der Waals surface area contributed by atoms with E-state index in [1.54, 1.807) is 0 Å². The van der Waals surface area contributed by atoms with Gasteiger partial charge in [-0.1, -0.05) is 13.0 Å². The number of nitrogens with zero attached hydrogens (tertiary/aromatic N) is 1. The molecule has 1 saturated heterocycles. The number of amides is 2. The second-order valence-electron chi connectivity index (χ2n) is 5.73. The van der Waals surface area contributed by atoms with Crippen molar-refractivity contribution in [3.8, 4) is 0 Å². The van der Waals surface area contributed by atoms with Gasteiger partial charge in [0, 0.05) is 3.57 Å². The lowest BCUT2D eigenvalue weighted by Gasteiger charge is -2.17. The molecule has 0 radical (unpaired) electrons. The summed E-state index contributed by atoms with van der Waals surface area (Å²) in [5.74, 6) is 0.323. The molecule has 0 bridgehead atoms. The van der Waals surface area contributed by atoms with Gasteiger partial charge in [-0.25, -0.2) is 0 Å². The number of hydrogen-bond acceptors (Lipinski definition) is 2. The Hall–Kier alpha value is -0.910. The summed E-state index contributed by atoms with van der Waals surface area (Å²) in [7, 11) is 0. The molecule has 1 heterocycles. The van der Waals surface area contributed by atoms with E-state index in [1.807, 2.05) is 25.1 Å². The van der Waals surface area contributed by atoms with Crippen LogP contribution in [-0.2, 0) is 9.59 Å². The fraction of sp³-hybridized carbons (Fsp3) is 0.467. The van der Waals surface area contributed by atoms with E-state index in [2.05, 4.69) is 29.5 Å². The number of halogens is 1. The largest absolute Gasteiger partial charge is 0.274 e. The zero-order valence-corrected chi connectivity index (χ0v) is 13.2. The maximum absolute atomic E-state index is 12.4. The molecule has 2 fully saturated rings. The Balaban J connectivity index is 1.96. The Morgan fingerprint density at radius 3 is 2.26 bits per heavy atom. The van der Waals surface area contributed by atoms with Crippen molar-refractivity contribution < 1.29 is 9.59 Å². The van der Waals surface area contributed by atoms with Crippen LogP contribution in [-0.4, -0.2) is 11.8 Å². The van der Waals surface area contributed by atoms with E-state index in [0.717, 1.165) is 27.7 Å². The predicted octanol–water partition coefficient (Wildman–Crippen LogP) is 3.14. The number of aryl methyl sites for hydroxylation is 1. The van der Waals surface area contributed by atoms with E-state index in [0.29, 0.717) is 5.92 Å². The SMILES string of the molecule is Cc1ccc(N2C(=O)C3CC(C)CC3C2=O)cc1I. The van der Waals surface area contributed by atoms with Crippen molar-refractivity contribution in [3.63, 3.8) is 0 Å². The monoisotopic (exact) mass is 369 g/mol. The van der Waals surface area contributed by atoms with Gasteiger partial charge in [-0.3, -0.25) is 14.5 Å². The van der Waals surface area contributed by atoms with E-state index in [9.17, 15) is 9.59 Å². The zero-order valence-electron chi connectivity index (χ0n) is 11.0. The van der Waals surface area contributed by atoms with Gasteiger partial charge >= 0.3 is 0 Å². The van der Waals surface area contributed by atoms with Crippen LogP contribution in [0.4, 0.5) is 5.69 Å². The Bertz CT molecular complexity index is 545. The number of fused-ring (bicyclic) bond motifs is 1.